The van der Waals surface area contributed by atoms with Crippen molar-refractivity contribution >= 4 is 11.6 Å². The van der Waals surface area contributed by atoms with Gasteiger partial charge < -0.3 is 15.0 Å². The molecule has 1 aromatic rings. The average molecular weight is 252 g/mol. The highest BCUT2D eigenvalue weighted by Crippen LogP contribution is 2.19. The Kier molecular flexibility index (Phi) is 3.63. The standard InChI is InChI=1S/C13H17FN2O2/c1-13(9-16(2)7-8-18-13)12(17)15-11-5-3-10(14)4-6-11/h3-6H,7-9H2,1-2H3,(H,15,17). The van der Waals surface area contributed by atoms with Crippen molar-refractivity contribution in [2.24, 2.45) is 0 Å². The van der Waals surface area contributed by atoms with E-state index in [4.69, 9.17) is 4.74 Å². The Morgan fingerprint density at radius 3 is 2.72 bits per heavy atom. The molecule has 5 heteroatoms. The van der Waals surface area contributed by atoms with E-state index >= 15 is 0 Å². The molecule has 0 spiro atoms. The summed E-state index contributed by atoms with van der Waals surface area (Å²) in [5.74, 6) is -0.534. The number of rotatable bonds is 2. The molecule has 0 saturated carbocycles. The molecule has 0 radical (unpaired) electrons. The van der Waals surface area contributed by atoms with Gasteiger partial charge in [0.15, 0.2) is 5.60 Å². The summed E-state index contributed by atoms with van der Waals surface area (Å²) < 4.78 is 18.3. The topological polar surface area (TPSA) is 41.6 Å². The number of amides is 1. The molecule has 1 unspecified atom stereocenters. The fourth-order valence-electron chi connectivity index (χ4n) is 2.00. The van der Waals surface area contributed by atoms with Gasteiger partial charge in [-0.2, -0.15) is 0 Å². The lowest BCUT2D eigenvalue weighted by atomic mass is 10.0. The van der Waals surface area contributed by atoms with Crippen LogP contribution in [0.25, 0.3) is 0 Å². The first kappa shape index (κ1) is 13.0. The maximum Gasteiger partial charge on any atom is 0.257 e. The van der Waals surface area contributed by atoms with E-state index in [-0.39, 0.29) is 11.7 Å². The fourth-order valence-corrected chi connectivity index (χ4v) is 2.00. The molecule has 1 fully saturated rings. The van der Waals surface area contributed by atoms with E-state index in [1.807, 2.05) is 11.9 Å². The predicted molar refractivity (Wildman–Crippen MR) is 66.9 cm³/mol. The first-order valence-electron chi connectivity index (χ1n) is 5.89. The van der Waals surface area contributed by atoms with Crippen LogP contribution in [0.15, 0.2) is 24.3 Å². The average Bonchev–Trinajstić information content (AvgIpc) is 2.32. The van der Waals surface area contributed by atoms with E-state index in [9.17, 15) is 9.18 Å². The zero-order valence-corrected chi connectivity index (χ0v) is 10.6. The Morgan fingerprint density at radius 2 is 2.11 bits per heavy atom. The van der Waals surface area contributed by atoms with E-state index < -0.39 is 5.60 Å². The summed E-state index contributed by atoms with van der Waals surface area (Å²) in [4.78, 5) is 14.2. The van der Waals surface area contributed by atoms with Crippen LogP contribution in [0.2, 0.25) is 0 Å². The highest BCUT2D eigenvalue weighted by Gasteiger charge is 2.38. The largest absolute Gasteiger partial charge is 0.363 e. The number of hydrogen-bond acceptors (Lipinski definition) is 3. The number of anilines is 1. The van der Waals surface area contributed by atoms with E-state index in [0.29, 0.717) is 18.8 Å². The minimum Gasteiger partial charge on any atom is -0.363 e. The minimum atomic E-state index is -0.860. The van der Waals surface area contributed by atoms with Gasteiger partial charge in [-0.3, -0.25) is 4.79 Å². The molecule has 0 aromatic heterocycles. The molecule has 1 aromatic carbocycles. The molecule has 2 rings (SSSR count). The van der Waals surface area contributed by atoms with Crippen molar-refractivity contribution in [2.75, 3.05) is 32.1 Å². The molecule has 0 aliphatic carbocycles. The van der Waals surface area contributed by atoms with Gasteiger partial charge >= 0.3 is 0 Å². The summed E-state index contributed by atoms with van der Waals surface area (Å²) in [6.45, 7) is 3.66. The maximum absolute atomic E-state index is 12.8. The molecule has 1 heterocycles. The lowest BCUT2D eigenvalue weighted by Gasteiger charge is -2.37. The molecule has 1 aliphatic rings. The number of carbonyl (C=O) groups excluding carboxylic acids is 1. The van der Waals surface area contributed by atoms with Crippen LogP contribution < -0.4 is 5.32 Å². The van der Waals surface area contributed by atoms with Gasteiger partial charge in [0, 0.05) is 18.8 Å². The molecule has 1 amide bonds. The number of morpholine rings is 1. The first-order chi connectivity index (χ1) is 8.49. The van der Waals surface area contributed by atoms with Crippen LogP contribution in [0.4, 0.5) is 10.1 Å². The third-order valence-electron chi connectivity index (χ3n) is 3.05. The Hall–Kier alpha value is -1.46. The molecular weight excluding hydrogens is 235 g/mol. The second-order valence-corrected chi connectivity index (χ2v) is 4.78. The van der Waals surface area contributed by atoms with Gasteiger partial charge in [-0.1, -0.05) is 0 Å². The van der Waals surface area contributed by atoms with Crippen molar-refractivity contribution < 1.29 is 13.9 Å². The van der Waals surface area contributed by atoms with Crippen LogP contribution >= 0.6 is 0 Å². The monoisotopic (exact) mass is 252 g/mol. The van der Waals surface area contributed by atoms with Gasteiger partial charge in [0.05, 0.1) is 6.61 Å². The normalized spacial score (nSPS) is 24.8. The smallest absolute Gasteiger partial charge is 0.257 e. The van der Waals surface area contributed by atoms with Crippen molar-refractivity contribution in [1.82, 2.24) is 4.90 Å². The molecule has 1 N–H and O–H groups in total. The van der Waals surface area contributed by atoms with Crippen LogP contribution in [-0.2, 0) is 9.53 Å². The second-order valence-electron chi connectivity index (χ2n) is 4.78. The van der Waals surface area contributed by atoms with Gasteiger partial charge in [-0.05, 0) is 38.2 Å². The fraction of sp³-hybridized carbons (Fsp3) is 0.462. The molecule has 0 bridgehead atoms. The summed E-state index contributed by atoms with van der Waals surface area (Å²) in [6, 6.07) is 5.68. The van der Waals surface area contributed by atoms with Crippen molar-refractivity contribution in [3.63, 3.8) is 0 Å². The Bertz CT molecular complexity index is 435. The van der Waals surface area contributed by atoms with Crippen molar-refractivity contribution in [3.05, 3.63) is 30.1 Å². The third kappa shape index (κ3) is 2.86. The van der Waals surface area contributed by atoms with E-state index in [0.717, 1.165) is 6.54 Å². The van der Waals surface area contributed by atoms with Crippen LogP contribution in [0.3, 0.4) is 0 Å². The van der Waals surface area contributed by atoms with E-state index in [2.05, 4.69) is 5.32 Å². The number of halogens is 1. The van der Waals surface area contributed by atoms with Gasteiger partial charge in [0.25, 0.3) is 5.91 Å². The lowest BCUT2D eigenvalue weighted by molar-refractivity contribution is -0.149. The number of carbonyl (C=O) groups is 1. The Morgan fingerprint density at radius 1 is 1.44 bits per heavy atom. The predicted octanol–water partition coefficient (Wildman–Crippen LogP) is 1.48. The quantitative estimate of drug-likeness (QED) is 0.867. The summed E-state index contributed by atoms with van der Waals surface area (Å²) in [5, 5.41) is 2.74. The van der Waals surface area contributed by atoms with Crippen LogP contribution in [0, 0.1) is 5.82 Å². The second kappa shape index (κ2) is 5.04. The number of ether oxygens (including phenoxy) is 1. The molecular formula is C13H17FN2O2. The number of nitrogens with one attached hydrogen (secondary N) is 1. The summed E-state index contributed by atoms with van der Waals surface area (Å²) in [7, 11) is 1.95. The van der Waals surface area contributed by atoms with Gasteiger partial charge in [-0.25, -0.2) is 4.39 Å². The first-order valence-corrected chi connectivity index (χ1v) is 5.89. The van der Waals surface area contributed by atoms with Gasteiger partial charge in [-0.15, -0.1) is 0 Å². The van der Waals surface area contributed by atoms with Crippen LogP contribution in [-0.4, -0.2) is 43.2 Å². The molecule has 1 atom stereocenters. The lowest BCUT2D eigenvalue weighted by Crippen LogP contribution is -2.55. The number of hydrogen-bond donors (Lipinski definition) is 1. The summed E-state index contributed by atoms with van der Waals surface area (Å²) in [5.41, 5.74) is -0.291. The highest BCUT2D eigenvalue weighted by atomic mass is 19.1. The van der Waals surface area contributed by atoms with Crippen molar-refractivity contribution in [1.29, 1.82) is 0 Å². The SMILES string of the molecule is CN1CCOC(C)(C(=O)Nc2ccc(F)cc2)C1. The number of nitrogens with zero attached hydrogens (tertiary/aromatic N) is 1. The Balaban J connectivity index is 2.04. The van der Waals surface area contributed by atoms with Crippen molar-refractivity contribution in [3.8, 4) is 0 Å². The van der Waals surface area contributed by atoms with Gasteiger partial charge in [0.1, 0.15) is 5.82 Å². The summed E-state index contributed by atoms with van der Waals surface area (Å²) in [6.07, 6.45) is 0. The number of benzene rings is 1. The minimum absolute atomic E-state index is 0.208. The van der Waals surface area contributed by atoms with E-state index in [1.54, 1.807) is 6.92 Å². The zero-order chi connectivity index (χ0) is 13.2. The highest BCUT2D eigenvalue weighted by molar-refractivity contribution is 5.97. The Labute approximate surface area is 106 Å². The molecule has 4 nitrogen and oxygen atoms in total. The molecule has 1 aliphatic heterocycles. The maximum atomic E-state index is 12.8. The van der Waals surface area contributed by atoms with Crippen LogP contribution in [0.1, 0.15) is 6.92 Å². The van der Waals surface area contributed by atoms with Crippen molar-refractivity contribution in [2.45, 2.75) is 12.5 Å². The number of likely N-dealkylation sites (N-methyl/N-ethyl adjacent to an activating group) is 1. The summed E-state index contributed by atoms with van der Waals surface area (Å²) >= 11 is 0. The third-order valence-corrected chi connectivity index (χ3v) is 3.05. The zero-order valence-electron chi connectivity index (χ0n) is 10.6. The van der Waals surface area contributed by atoms with Crippen LogP contribution in [0.5, 0.6) is 0 Å². The molecule has 1 saturated heterocycles. The molecule has 98 valence electrons. The molecule has 18 heavy (non-hydrogen) atoms. The van der Waals surface area contributed by atoms with Gasteiger partial charge in [0.2, 0.25) is 0 Å². The van der Waals surface area contributed by atoms with E-state index in [1.165, 1.54) is 24.3 Å².